The molecule has 4 aromatic rings. The Bertz CT molecular complexity index is 1570. The van der Waals surface area contributed by atoms with Crippen LogP contribution in [0.2, 0.25) is 5.02 Å². The molecule has 1 aliphatic rings. The van der Waals surface area contributed by atoms with Gasteiger partial charge in [0.05, 0.1) is 11.6 Å². The van der Waals surface area contributed by atoms with Gasteiger partial charge in [-0.2, -0.15) is 5.10 Å². The van der Waals surface area contributed by atoms with Crippen molar-refractivity contribution in [2.24, 2.45) is 7.05 Å². The summed E-state index contributed by atoms with van der Waals surface area (Å²) in [5.74, 6) is 1.09. The van der Waals surface area contributed by atoms with Gasteiger partial charge in [-0.3, -0.25) is 9.69 Å². The summed E-state index contributed by atoms with van der Waals surface area (Å²) >= 11 is 6.47. The van der Waals surface area contributed by atoms with Crippen LogP contribution in [0.5, 0.6) is 5.75 Å². The zero-order chi connectivity index (χ0) is 28.8. The normalized spacial score (nSPS) is 17.3. The van der Waals surface area contributed by atoms with Crippen LogP contribution in [-0.4, -0.2) is 67.5 Å². The van der Waals surface area contributed by atoms with E-state index < -0.39 is 11.9 Å². The van der Waals surface area contributed by atoms with Crippen molar-refractivity contribution in [3.8, 4) is 17.1 Å². The van der Waals surface area contributed by atoms with Crippen LogP contribution < -0.4 is 4.74 Å². The average Bonchev–Trinajstić information content (AvgIpc) is 3.32. The molecule has 3 heterocycles. The van der Waals surface area contributed by atoms with Crippen molar-refractivity contribution in [3.05, 3.63) is 70.6 Å². The number of benzene rings is 2. The number of piperazine rings is 1. The predicted molar refractivity (Wildman–Crippen MR) is 154 cm³/mol. The highest BCUT2D eigenvalue weighted by atomic mass is 35.5. The van der Waals surface area contributed by atoms with Gasteiger partial charge in [-0.25, -0.2) is 19.0 Å². The zero-order valence-electron chi connectivity index (χ0n) is 23.7. The van der Waals surface area contributed by atoms with Crippen LogP contribution in [0.15, 0.2) is 48.8 Å². The quantitative estimate of drug-likeness (QED) is 0.294. The van der Waals surface area contributed by atoms with Gasteiger partial charge in [-0.1, -0.05) is 29.8 Å². The van der Waals surface area contributed by atoms with E-state index in [0.29, 0.717) is 34.2 Å². The lowest BCUT2D eigenvalue weighted by Crippen LogP contribution is -2.61. The van der Waals surface area contributed by atoms with Gasteiger partial charge in [0, 0.05) is 48.2 Å². The molecular formula is C30H34ClFN6O2. The molecule has 2 atom stereocenters. The van der Waals surface area contributed by atoms with Crippen molar-refractivity contribution in [1.82, 2.24) is 29.5 Å². The van der Waals surface area contributed by atoms with Gasteiger partial charge in [0.15, 0.2) is 5.82 Å². The molecule has 2 aromatic heterocycles. The first-order valence-electron chi connectivity index (χ1n) is 13.3. The molecule has 210 valence electrons. The molecule has 1 saturated heterocycles. The minimum absolute atomic E-state index is 0.0131. The van der Waals surface area contributed by atoms with E-state index >= 15 is 4.39 Å². The summed E-state index contributed by atoms with van der Waals surface area (Å²) in [5.41, 5.74) is 3.11. The molecule has 2 aromatic carbocycles. The fourth-order valence-electron chi connectivity index (χ4n) is 5.27. The van der Waals surface area contributed by atoms with E-state index in [1.54, 1.807) is 16.8 Å². The Morgan fingerprint density at radius 1 is 1.15 bits per heavy atom. The largest absolute Gasteiger partial charge is 0.458 e. The number of ether oxygens (including phenoxy) is 1. The van der Waals surface area contributed by atoms with Gasteiger partial charge in [0.25, 0.3) is 0 Å². The van der Waals surface area contributed by atoms with E-state index in [0.717, 1.165) is 28.8 Å². The lowest BCUT2D eigenvalue weighted by Gasteiger charge is -2.46. The summed E-state index contributed by atoms with van der Waals surface area (Å²) in [7, 11) is 3.78. The van der Waals surface area contributed by atoms with Gasteiger partial charge < -0.3 is 9.64 Å². The first kappa shape index (κ1) is 28.0. The standard InChI is InChI=1S/C30H34ClFN6O2/c1-18-12-24(28-33-17-34-37(28)6)23-8-7-9-25(27(23)35-18)40-26(32)15-20-13-21(16-22(31)14-20)19(2)38-11-10-36(5)30(3,4)29(38)39/h7-9,12-14,16-17,19,26H,10-11,15H2,1-6H3/t19-,26+/m0/s1. The number of para-hydroxylation sites is 1. The minimum Gasteiger partial charge on any atom is -0.458 e. The molecule has 0 aliphatic carbocycles. The smallest absolute Gasteiger partial charge is 0.243 e. The molecule has 0 unspecified atom stereocenters. The van der Waals surface area contributed by atoms with E-state index in [1.807, 2.05) is 77.0 Å². The third kappa shape index (κ3) is 5.28. The first-order chi connectivity index (χ1) is 19.0. The number of nitrogens with zero attached hydrogens (tertiary/aromatic N) is 6. The van der Waals surface area contributed by atoms with Gasteiger partial charge in [0.2, 0.25) is 12.3 Å². The summed E-state index contributed by atoms with van der Waals surface area (Å²) < 4.78 is 23.0. The molecule has 0 N–H and O–H groups in total. The Morgan fingerprint density at radius 2 is 1.93 bits per heavy atom. The maximum Gasteiger partial charge on any atom is 0.243 e. The van der Waals surface area contributed by atoms with E-state index in [2.05, 4.69) is 20.0 Å². The SMILES string of the molecule is Cc1cc(-c2ncnn2C)c2cccc(O[C@@H](F)Cc3cc(Cl)cc([C@H](C)N4CCN(C)C(C)(C)C4=O)c3)c2n1. The molecule has 10 heteroatoms. The second kappa shape index (κ2) is 10.8. The van der Waals surface area contributed by atoms with Gasteiger partial charge in [-0.05, 0) is 70.1 Å². The number of likely N-dealkylation sites (N-methyl/N-ethyl adjacent to an activating group) is 1. The summed E-state index contributed by atoms with van der Waals surface area (Å²) in [6.07, 6.45) is -0.159. The lowest BCUT2D eigenvalue weighted by molar-refractivity contribution is -0.150. The van der Waals surface area contributed by atoms with Crippen LogP contribution in [0.1, 0.15) is 43.6 Å². The molecule has 1 fully saturated rings. The maximum absolute atomic E-state index is 15.5. The molecule has 5 rings (SSSR count). The van der Waals surface area contributed by atoms with E-state index in [4.69, 9.17) is 16.3 Å². The number of aromatic nitrogens is 4. The van der Waals surface area contributed by atoms with Crippen molar-refractivity contribution in [2.45, 2.75) is 52.1 Å². The van der Waals surface area contributed by atoms with E-state index in [-0.39, 0.29) is 18.4 Å². The van der Waals surface area contributed by atoms with Crippen molar-refractivity contribution in [1.29, 1.82) is 0 Å². The molecule has 0 spiro atoms. The van der Waals surface area contributed by atoms with Crippen molar-refractivity contribution in [2.75, 3.05) is 20.1 Å². The summed E-state index contributed by atoms with van der Waals surface area (Å²) in [4.78, 5) is 26.2. The number of rotatable bonds is 7. The lowest BCUT2D eigenvalue weighted by atomic mass is 9.95. The summed E-state index contributed by atoms with van der Waals surface area (Å²) in [5, 5.41) is 5.46. The second-order valence-electron chi connectivity index (χ2n) is 11.0. The second-order valence-corrected chi connectivity index (χ2v) is 11.4. The third-order valence-electron chi connectivity index (χ3n) is 7.88. The third-order valence-corrected chi connectivity index (χ3v) is 8.10. The molecule has 8 nitrogen and oxygen atoms in total. The number of carbonyl (C=O) groups excluding carboxylic acids is 1. The van der Waals surface area contributed by atoms with E-state index in [1.165, 1.54) is 6.33 Å². The number of carbonyl (C=O) groups is 1. The highest BCUT2D eigenvalue weighted by molar-refractivity contribution is 6.30. The molecule has 0 bridgehead atoms. The fourth-order valence-corrected chi connectivity index (χ4v) is 5.54. The summed E-state index contributed by atoms with van der Waals surface area (Å²) in [6.45, 7) is 9.11. The Hall–Kier alpha value is -3.56. The number of hydrogen-bond acceptors (Lipinski definition) is 6. The molecule has 40 heavy (non-hydrogen) atoms. The molecule has 1 amide bonds. The minimum atomic E-state index is -1.64. The van der Waals surface area contributed by atoms with Crippen molar-refractivity contribution >= 4 is 28.4 Å². The molecular weight excluding hydrogens is 531 g/mol. The zero-order valence-corrected chi connectivity index (χ0v) is 24.4. The number of hydrogen-bond donors (Lipinski definition) is 0. The summed E-state index contributed by atoms with van der Waals surface area (Å²) in [6, 6.07) is 12.7. The Balaban J connectivity index is 1.38. The fraction of sp³-hybridized carbons (Fsp3) is 0.400. The van der Waals surface area contributed by atoms with E-state index in [9.17, 15) is 4.79 Å². The number of amides is 1. The monoisotopic (exact) mass is 564 g/mol. The highest BCUT2D eigenvalue weighted by Crippen LogP contribution is 2.34. The number of alkyl halides is 1. The molecule has 1 aliphatic heterocycles. The Morgan fingerprint density at radius 3 is 2.65 bits per heavy atom. The van der Waals surface area contributed by atoms with Crippen LogP contribution in [0.3, 0.4) is 0 Å². The Kier molecular flexibility index (Phi) is 7.54. The van der Waals surface area contributed by atoms with Crippen LogP contribution in [0.4, 0.5) is 4.39 Å². The predicted octanol–water partition coefficient (Wildman–Crippen LogP) is 5.52. The van der Waals surface area contributed by atoms with Crippen molar-refractivity contribution < 1.29 is 13.9 Å². The van der Waals surface area contributed by atoms with Gasteiger partial charge >= 0.3 is 0 Å². The van der Waals surface area contributed by atoms with Crippen molar-refractivity contribution in [3.63, 3.8) is 0 Å². The highest BCUT2D eigenvalue weighted by Gasteiger charge is 2.41. The van der Waals surface area contributed by atoms with Crippen LogP contribution in [-0.2, 0) is 18.3 Å². The molecule has 0 radical (unpaired) electrons. The van der Waals surface area contributed by atoms with Crippen LogP contribution in [0.25, 0.3) is 22.3 Å². The number of pyridine rings is 1. The van der Waals surface area contributed by atoms with Crippen LogP contribution in [0, 0.1) is 6.92 Å². The number of fused-ring (bicyclic) bond motifs is 1. The number of aryl methyl sites for hydroxylation is 2. The van der Waals surface area contributed by atoms with Gasteiger partial charge in [-0.15, -0.1) is 0 Å². The number of halogens is 2. The maximum atomic E-state index is 15.5. The Labute approximate surface area is 238 Å². The average molecular weight is 565 g/mol. The molecule has 0 saturated carbocycles. The van der Waals surface area contributed by atoms with Crippen LogP contribution >= 0.6 is 11.6 Å². The van der Waals surface area contributed by atoms with Gasteiger partial charge in [0.1, 0.15) is 17.6 Å². The first-order valence-corrected chi connectivity index (χ1v) is 13.7. The topological polar surface area (TPSA) is 76.4 Å².